The van der Waals surface area contributed by atoms with Gasteiger partial charge in [0, 0.05) is 14.7 Å². The molecule has 0 atom stereocenters. The van der Waals surface area contributed by atoms with Crippen molar-refractivity contribution in [2.45, 2.75) is 45.7 Å². The Bertz CT molecular complexity index is 578. The Morgan fingerprint density at radius 2 is 1.69 bits per heavy atom. The summed E-state index contributed by atoms with van der Waals surface area (Å²) in [6, 6.07) is 6.52. The second-order valence-electron chi connectivity index (χ2n) is 7.07. The van der Waals surface area contributed by atoms with Crippen molar-refractivity contribution < 1.29 is 27.8 Å². The van der Waals surface area contributed by atoms with Gasteiger partial charge in [0.05, 0.1) is 26.5 Å². The molecule has 0 aromatic heterocycles. The molecular formula is C18H33O6PSi. The van der Waals surface area contributed by atoms with Crippen LogP contribution in [0.15, 0.2) is 18.2 Å². The third kappa shape index (κ3) is 8.69. The molecule has 8 heteroatoms. The topological polar surface area (TPSA) is 63.2 Å². The molecule has 0 saturated heterocycles. The summed E-state index contributed by atoms with van der Waals surface area (Å²) >= 11 is 0. The molecule has 1 aromatic carbocycles. The van der Waals surface area contributed by atoms with Gasteiger partial charge in [-0.2, -0.15) is 0 Å². The van der Waals surface area contributed by atoms with Crippen LogP contribution in [0.25, 0.3) is 0 Å². The van der Waals surface area contributed by atoms with Crippen LogP contribution in [0.4, 0.5) is 0 Å². The van der Waals surface area contributed by atoms with Crippen molar-refractivity contribution in [2.24, 2.45) is 0 Å². The molecule has 0 fully saturated rings. The summed E-state index contributed by atoms with van der Waals surface area (Å²) in [5.41, 5.74) is 0.805. The molecule has 0 radical (unpaired) electrons. The average molecular weight is 405 g/mol. The second kappa shape index (κ2) is 11.1. The normalized spacial score (nSPS) is 12.2. The first-order valence-corrected chi connectivity index (χ1v) is 14.4. The van der Waals surface area contributed by atoms with Gasteiger partial charge in [-0.15, -0.1) is 0 Å². The average Bonchev–Trinajstić information content (AvgIpc) is 2.54. The number of ether oxygens (including phenoxy) is 3. The second-order valence-corrected chi connectivity index (χ2v) is 14.7. The summed E-state index contributed by atoms with van der Waals surface area (Å²) in [6.07, 6.45) is 0.192. The zero-order valence-electron chi connectivity index (χ0n) is 16.9. The van der Waals surface area contributed by atoms with Gasteiger partial charge >= 0.3 is 7.60 Å². The fraction of sp³-hybridized carbons (Fsp3) is 0.667. The smallest absolute Gasteiger partial charge is 0.335 e. The summed E-state index contributed by atoms with van der Waals surface area (Å²) < 4.78 is 39.9. The van der Waals surface area contributed by atoms with Gasteiger partial charge in [-0.05, 0) is 37.6 Å². The van der Waals surface area contributed by atoms with Crippen LogP contribution in [0.1, 0.15) is 19.4 Å². The van der Waals surface area contributed by atoms with Gasteiger partial charge in [-0.25, -0.2) is 0 Å². The number of hydrogen-bond donors (Lipinski definition) is 0. The lowest BCUT2D eigenvalue weighted by Crippen LogP contribution is -2.22. The SMILES string of the molecule is CCOP(=O)(Cc1ccc(OCOCC[Si](C)(C)C)c(OC)c1)OCC. The summed E-state index contributed by atoms with van der Waals surface area (Å²) in [7, 11) is -2.68. The van der Waals surface area contributed by atoms with Crippen LogP contribution in [-0.4, -0.2) is 41.8 Å². The Morgan fingerprint density at radius 1 is 1.04 bits per heavy atom. The first kappa shape index (κ1) is 23.2. The number of benzene rings is 1. The molecular weight excluding hydrogens is 371 g/mol. The van der Waals surface area contributed by atoms with Crippen molar-refractivity contribution in [2.75, 3.05) is 33.7 Å². The van der Waals surface area contributed by atoms with Gasteiger partial charge in [0.2, 0.25) is 0 Å². The fourth-order valence-corrected chi connectivity index (χ4v) is 4.66. The molecule has 0 aliphatic heterocycles. The van der Waals surface area contributed by atoms with Gasteiger partial charge in [0.25, 0.3) is 0 Å². The predicted octanol–water partition coefficient (Wildman–Crippen LogP) is 5.15. The summed E-state index contributed by atoms with van der Waals surface area (Å²) in [4.78, 5) is 0. The summed E-state index contributed by atoms with van der Waals surface area (Å²) in [5.74, 6) is 1.16. The Balaban J connectivity index is 2.67. The Hall–Kier alpha value is -0.853. The molecule has 0 unspecified atom stereocenters. The van der Waals surface area contributed by atoms with E-state index in [1.807, 2.05) is 6.07 Å². The lowest BCUT2D eigenvalue weighted by atomic mass is 10.2. The Morgan fingerprint density at radius 3 is 2.23 bits per heavy atom. The monoisotopic (exact) mass is 404 g/mol. The molecule has 0 saturated carbocycles. The maximum atomic E-state index is 12.7. The molecule has 1 rings (SSSR count). The third-order valence-electron chi connectivity index (χ3n) is 3.55. The molecule has 150 valence electrons. The van der Waals surface area contributed by atoms with Crippen LogP contribution in [-0.2, 0) is 24.5 Å². The highest BCUT2D eigenvalue weighted by Gasteiger charge is 2.24. The van der Waals surface area contributed by atoms with Crippen molar-refractivity contribution in [1.29, 1.82) is 0 Å². The molecule has 26 heavy (non-hydrogen) atoms. The lowest BCUT2D eigenvalue weighted by Gasteiger charge is -2.18. The minimum atomic E-state index is -3.15. The molecule has 0 bridgehead atoms. The molecule has 6 nitrogen and oxygen atoms in total. The van der Waals surface area contributed by atoms with Gasteiger partial charge in [0.1, 0.15) is 0 Å². The zero-order chi connectivity index (χ0) is 19.6. The minimum Gasteiger partial charge on any atom is -0.493 e. The first-order chi connectivity index (χ1) is 12.2. The Labute approximate surface area is 158 Å². The van der Waals surface area contributed by atoms with Crippen LogP contribution < -0.4 is 9.47 Å². The predicted molar refractivity (Wildman–Crippen MR) is 107 cm³/mol. The van der Waals surface area contributed by atoms with Gasteiger partial charge < -0.3 is 23.3 Å². The first-order valence-electron chi connectivity index (χ1n) is 8.98. The van der Waals surface area contributed by atoms with Crippen molar-refractivity contribution in [3.63, 3.8) is 0 Å². The standard InChI is InChI=1S/C18H33O6PSi/c1-7-23-25(19,24-8-2)14-16-9-10-17(18(13-16)20-3)22-15-21-11-12-26(4,5)6/h9-10,13H,7-8,11-12,14-15H2,1-6H3. The maximum absolute atomic E-state index is 12.7. The molecule has 1 aromatic rings. The van der Waals surface area contributed by atoms with Crippen LogP contribution in [0, 0.1) is 0 Å². The van der Waals surface area contributed by atoms with Gasteiger partial charge in [-0.3, -0.25) is 4.57 Å². The zero-order valence-corrected chi connectivity index (χ0v) is 18.8. The van der Waals surface area contributed by atoms with E-state index in [2.05, 4.69) is 19.6 Å². The molecule has 0 aliphatic carbocycles. The van der Waals surface area contributed by atoms with E-state index in [0.717, 1.165) is 11.6 Å². The van der Waals surface area contributed by atoms with E-state index in [4.69, 9.17) is 23.3 Å². The van der Waals surface area contributed by atoms with Crippen molar-refractivity contribution in [1.82, 2.24) is 0 Å². The van der Waals surface area contributed by atoms with Crippen LogP contribution in [0.5, 0.6) is 11.5 Å². The van der Waals surface area contributed by atoms with Crippen LogP contribution in [0.3, 0.4) is 0 Å². The van der Waals surface area contributed by atoms with E-state index in [-0.39, 0.29) is 13.0 Å². The number of rotatable bonds is 13. The largest absolute Gasteiger partial charge is 0.493 e. The highest BCUT2D eigenvalue weighted by atomic mass is 31.2. The quantitative estimate of drug-likeness (QED) is 0.196. The van der Waals surface area contributed by atoms with E-state index in [1.54, 1.807) is 33.1 Å². The van der Waals surface area contributed by atoms with Crippen LogP contribution >= 0.6 is 7.60 Å². The maximum Gasteiger partial charge on any atom is 0.335 e. The minimum absolute atomic E-state index is 0.177. The van der Waals surface area contributed by atoms with E-state index in [9.17, 15) is 4.57 Å². The fourth-order valence-electron chi connectivity index (χ4n) is 2.22. The summed E-state index contributed by atoms with van der Waals surface area (Å²) in [6.45, 7) is 12.1. The van der Waals surface area contributed by atoms with Crippen molar-refractivity contribution >= 4 is 15.7 Å². The molecule has 0 aliphatic rings. The Kier molecular flexibility index (Phi) is 9.89. The third-order valence-corrected chi connectivity index (χ3v) is 7.31. The van der Waals surface area contributed by atoms with E-state index in [1.165, 1.54) is 0 Å². The molecule has 0 amide bonds. The van der Waals surface area contributed by atoms with E-state index >= 15 is 0 Å². The highest BCUT2D eigenvalue weighted by molar-refractivity contribution is 7.53. The molecule has 0 spiro atoms. The number of methoxy groups -OCH3 is 1. The van der Waals surface area contributed by atoms with Crippen molar-refractivity contribution in [3.05, 3.63) is 23.8 Å². The van der Waals surface area contributed by atoms with Gasteiger partial charge in [-0.1, -0.05) is 25.7 Å². The lowest BCUT2D eigenvalue weighted by molar-refractivity contribution is 0.0205. The molecule has 0 N–H and O–H groups in total. The number of hydrogen-bond acceptors (Lipinski definition) is 6. The van der Waals surface area contributed by atoms with Gasteiger partial charge in [0.15, 0.2) is 18.3 Å². The molecule has 0 heterocycles. The van der Waals surface area contributed by atoms with E-state index in [0.29, 0.717) is 31.3 Å². The highest BCUT2D eigenvalue weighted by Crippen LogP contribution is 2.51. The summed E-state index contributed by atoms with van der Waals surface area (Å²) in [5, 5.41) is 0. The van der Waals surface area contributed by atoms with E-state index < -0.39 is 15.7 Å². The van der Waals surface area contributed by atoms with Crippen molar-refractivity contribution in [3.8, 4) is 11.5 Å². The van der Waals surface area contributed by atoms with Crippen LogP contribution in [0.2, 0.25) is 25.7 Å².